The number of rotatable bonds is 6. The number of nitrogens with one attached hydrogen (secondary N) is 2. The van der Waals surface area contributed by atoms with Crippen molar-refractivity contribution in [1.29, 1.82) is 0 Å². The Kier molecular flexibility index (Phi) is 6.51. The van der Waals surface area contributed by atoms with E-state index in [-0.39, 0.29) is 11.7 Å². The van der Waals surface area contributed by atoms with Gasteiger partial charge in [-0.15, -0.1) is 11.3 Å². The van der Waals surface area contributed by atoms with E-state index in [2.05, 4.69) is 20.6 Å². The third-order valence-corrected chi connectivity index (χ3v) is 6.56. The number of halogens is 1. The van der Waals surface area contributed by atoms with E-state index in [4.69, 9.17) is 0 Å². The van der Waals surface area contributed by atoms with Gasteiger partial charge in [0.15, 0.2) is 0 Å². The highest BCUT2D eigenvalue weighted by molar-refractivity contribution is 7.16. The quantitative estimate of drug-likeness (QED) is 0.351. The first-order valence-electron chi connectivity index (χ1n) is 10.6. The standard InChI is InChI=1S/C26H25FN4OS/c1-15-13-16(2)29-26(28-15)30-23(20-11-8-12-21(27)14-20)22-17(3)18(4)33-25(22)31-24(32)19-9-6-5-7-10-19/h5-14,23H,1-4H3,(H,31,32)(H,28,29,30)/t23-/m0/s1. The average Bonchev–Trinajstić information content (AvgIpc) is 3.05. The normalized spacial score (nSPS) is 11.8. The third kappa shape index (κ3) is 5.09. The van der Waals surface area contributed by atoms with Crippen LogP contribution in [0, 0.1) is 33.5 Å². The Labute approximate surface area is 196 Å². The highest BCUT2D eigenvalue weighted by Crippen LogP contribution is 2.41. The number of hydrogen-bond acceptors (Lipinski definition) is 5. The van der Waals surface area contributed by atoms with Crippen molar-refractivity contribution in [1.82, 2.24) is 9.97 Å². The van der Waals surface area contributed by atoms with Crippen LogP contribution in [0.5, 0.6) is 0 Å². The molecule has 0 radical (unpaired) electrons. The summed E-state index contributed by atoms with van der Waals surface area (Å²) in [6.45, 7) is 7.83. The molecule has 0 spiro atoms. The van der Waals surface area contributed by atoms with Gasteiger partial charge in [0.25, 0.3) is 5.91 Å². The number of nitrogens with zero attached hydrogens (tertiary/aromatic N) is 2. The van der Waals surface area contributed by atoms with Gasteiger partial charge in [0.1, 0.15) is 10.8 Å². The summed E-state index contributed by atoms with van der Waals surface area (Å²) in [6, 6.07) is 17.0. The molecule has 1 atom stereocenters. The second-order valence-corrected chi connectivity index (χ2v) is 9.18. The fourth-order valence-corrected chi connectivity index (χ4v) is 4.87. The van der Waals surface area contributed by atoms with Gasteiger partial charge in [0.2, 0.25) is 5.95 Å². The molecule has 2 N–H and O–H groups in total. The number of aryl methyl sites for hydroxylation is 3. The number of hydrogen-bond donors (Lipinski definition) is 2. The zero-order valence-corrected chi connectivity index (χ0v) is 19.8. The van der Waals surface area contributed by atoms with Crippen LogP contribution in [-0.4, -0.2) is 15.9 Å². The molecule has 7 heteroatoms. The molecule has 4 rings (SSSR count). The maximum absolute atomic E-state index is 14.2. The van der Waals surface area contributed by atoms with Crippen molar-refractivity contribution < 1.29 is 9.18 Å². The minimum absolute atomic E-state index is 0.196. The lowest BCUT2D eigenvalue weighted by Crippen LogP contribution is -2.19. The molecule has 2 aromatic carbocycles. The van der Waals surface area contributed by atoms with Crippen LogP contribution in [0.25, 0.3) is 0 Å². The van der Waals surface area contributed by atoms with Crippen molar-refractivity contribution in [3.05, 3.63) is 105 Å². The van der Waals surface area contributed by atoms with Gasteiger partial charge < -0.3 is 10.6 Å². The fraction of sp³-hybridized carbons (Fsp3) is 0.192. The summed E-state index contributed by atoms with van der Waals surface area (Å²) in [7, 11) is 0. The van der Waals surface area contributed by atoms with E-state index < -0.39 is 6.04 Å². The van der Waals surface area contributed by atoms with Gasteiger partial charge in [-0.25, -0.2) is 14.4 Å². The Hall–Kier alpha value is -3.58. The second kappa shape index (κ2) is 9.50. The highest BCUT2D eigenvalue weighted by Gasteiger charge is 2.26. The van der Waals surface area contributed by atoms with E-state index in [9.17, 15) is 9.18 Å². The minimum atomic E-state index is -0.460. The Morgan fingerprint density at radius 2 is 1.64 bits per heavy atom. The maximum atomic E-state index is 14.2. The Morgan fingerprint density at radius 1 is 0.939 bits per heavy atom. The molecule has 4 aromatic rings. The molecule has 168 valence electrons. The van der Waals surface area contributed by atoms with Crippen molar-refractivity contribution in [2.24, 2.45) is 0 Å². The molecule has 0 fully saturated rings. The zero-order valence-electron chi connectivity index (χ0n) is 18.9. The van der Waals surface area contributed by atoms with E-state index in [0.717, 1.165) is 27.4 Å². The second-order valence-electron chi connectivity index (χ2n) is 7.95. The lowest BCUT2D eigenvalue weighted by molar-refractivity contribution is 0.102. The molecule has 0 unspecified atom stereocenters. The lowest BCUT2D eigenvalue weighted by Gasteiger charge is -2.22. The number of benzene rings is 2. The predicted molar refractivity (Wildman–Crippen MR) is 132 cm³/mol. The molecular weight excluding hydrogens is 435 g/mol. The molecule has 0 saturated carbocycles. The molecule has 1 amide bonds. The first kappa shape index (κ1) is 22.6. The molecule has 2 heterocycles. The summed E-state index contributed by atoms with van der Waals surface area (Å²) in [5.41, 5.74) is 4.84. The smallest absolute Gasteiger partial charge is 0.256 e. The van der Waals surface area contributed by atoms with Gasteiger partial charge in [-0.2, -0.15) is 0 Å². The van der Waals surface area contributed by atoms with Crippen molar-refractivity contribution >= 4 is 28.2 Å². The zero-order chi connectivity index (χ0) is 23.5. The summed E-state index contributed by atoms with van der Waals surface area (Å²) in [5, 5.41) is 7.17. The number of aromatic nitrogens is 2. The molecule has 0 saturated heterocycles. The molecule has 2 aromatic heterocycles. The lowest BCUT2D eigenvalue weighted by atomic mass is 9.96. The van der Waals surface area contributed by atoms with Crippen LogP contribution >= 0.6 is 11.3 Å². The molecule has 0 aliphatic carbocycles. The molecule has 0 aliphatic rings. The molecular formula is C26H25FN4OS. The summed E-state index contributed by atoms with van der Waals surface area (Å²) in [6.07, 6.45) is 0. The number of anilines is 2. The monoisotopic (exact) mass is 460 g/mol. The average molecular weight is 461 g/mol. The first-order valence-corrected chi connectivity index (χ1v) is 11.4. The molecule has 0 bridgehead atoms. The van der Waals surface area contributed by atoms with Crippen molar-refractivity contribution in [3.63, 3.8) is 0 Å². The third-order valence-electron chi connectivity index (χ3n) is 5.42. The highest BCUT2D eigenvalue weighted by atomic mass is 32.1. The topological polar surface area (TPSA) is 66.9 Å². The number of thiophene rings is 1. The first-order chi connectivity index (χ1) is 15.8. The number of amides is 1. The van der Waals surface area contributed by atoms with Crippen LogP contribution in [0.1, 0.15) is 49.4 Å². The SMILES string of the molecule is Cc1cc(C)nc(N[C@@H](c2cccc(F)c2)c2c(NC(=O)c3ccccc3)sc(C)c2C)n1. The van der Waals surface area contributed by atoms with Crippen LogP contribution in [0.4, 0.5) is 15.3 Å². The maximum Gasteiger partial charge on any atom is 0.256 e. The van der Waals surface area contributed by atoms with Gasteiger partial charge in [0, 0.05) is 27.4 Å². The van der Waals surface area contributed by atoms with Gasteiger partial charge in [-0.3, -0.25) is 4.79 Å². The summed E-state index contributed by atoms with van der Waals surface area (Å²) < 4.78 is 14.2. The molecule has 5 nitrogen and oxygen atoms in total. The Balaban J connectivity index is 1.80. The van der Waals surface area contributed by atoms with E-state index in [1.54, 1.807) is 18.2 Å². The summed E-state index contributed by atoms with van der Waals surface area (Å²) in [4.78, 5) is 23.0. The van der Waals surface area contributed by atoms with Crippen molar-refractivity contribution in [3.8, 4) is 0 Å². The number of carbonyl (C=O) groups is 1. The van der Waals surface area contributed by atoms with Crippen LogP contribution < -0.4 is 10.6 Å². The molecule has 0 aliphatic heterocycles. The van der Waals surface area contributed by atoms with E-state index in [1.807, 2.05) is 58.0 Å². The minimum Gasteiger partial charge on any atom is -0.343 e. The Bertz CT molecular complexity index is 1280. The predicted octanol–water partition coefficient (Wildman–Crippen LogP) is 6.36. The Morgan fingerprint density at radius 3 is 2.30 bits per heavy atom. The fourth-order valence-electron chi connectivity index (χ4n) is 3.78. The van der Waals surface area contributed by atoms with Crippen molar-refractivity contribution in [2.75, 3.05) is 10.6 Å². The molecule has 33 heavy (non-hydrogen) atoms. The van der Waals surface area contributed by atoms with Crippen LogP contribution in [0.2, 0.25) is 0 Å². The number of carbonyl (C=O) groups excluding carboxylic acids is 1. The van der Waals surface area contributed by atoms with Gasteiger partial charge in [-0.1, -0.05) is 30.3 Å². The van der Waals surface area contributed by atoms with Crippen molar-refractivity contribution in [2.45, 2.75) is 33.7 Å². The van der Waals surface area contributed by atoms with Gasteiger partial charge >= 0.3 is 0 Å². The van der Waals surface area contributed by atoms with Crippen LogP contribution in [0.3, 0.4) is 0 Å². The largest absolute Gasteiger partial charge is 0.343 e. The van der Waals surface area contributed by atoms with Crippen LogP contribution in [0.15, 0.2) is 60.7 Å². The van der Waals surface area contributed by atoms with Gasteiger partial charge in [0.05, 0.1) is 6.04 Å². The van der Waals surface area contributed by atoms with Crippen LogP contribution in [-0.2, 0) is 0 Å². The summed E-state index contributed by atoms with van der Waals surface area (Å²) in [5.74, 6) is -0.0794. The van der Waals surface area contributed by atoms with E-state index in [1.165, 1.54) is 23.5 Å². The van der Waals surface area contributed by atoms with E-state index in [0.29, 0.717) is 22.1 Å². The summed E-state index contributed by atoms with van der Waals surface area (Å²) >= 11 is 1.50. The van der Waals surface area contributed by atoms with Gasteiger partial charge in [-0.05, 0) is 69.2 Å². The van der Waals surface area contributed by atoms with E-state index >= 15 is 0 Å².